The molecular weight excluding hydrogens is 140 g/mol. The van der Waals surface area contributed by atoms with Crippen LogP contribution in [0.3, 0.4) is 0 Å². The van der Waals surface area contributed by atoms with Crippen LogP contribution in [-0.4, -0.2) is 47.4 Å². The smallest absolute Gasteiger partial charge is 0.165 e. The highest BCUT2D eigenvalue weighted by atomic mass is 16.3. The Balaban J connectivity index is 1.95. The predicted molar refractivity (Wildman–Crippen MR) is 43.0 cm³/mol. The minimum atomic E-state index is -0.309. The van der Waals surface area contributed by atoms with Crippen molar-refractivity contribution in [1.29, 1.82) is 0 Å². The number of aliphatic hydroxyl groups excluding tert-OH is 1. The Kier molecular flexibility index (Phi) is 1.87. The van der Waals surface area contributed by atoms with Crippen molar-refractivity contribution >= 4 is 0 Å². The Morgan fingerprint density at radius 1 is 1.27 bits per heavy atom. The van der Waals surface area contributed by atoms with E-state index in [0.29, 0.717) is 6.04 Å². The molecule has 0 amide bonds. The molecule has 2 aliphatic rings. The lowest BCUT2D eigenvalue weighted by atomic mass is 10.3. The maximum Gasteiger partial charge on any atom is 0.165 e. The van der Waals surface area contributed by atoms with Crippen molar-refractivity contribution in [3.63, 3.8) is 0 Å². The summed E-state index contributed by atoms with van der Waals surface area (Å²) in [5, 5.41) is 9.70. The number of hydrogen-bond donors (Lipinski definition) is 1. The van der Waals surface area contributed by atoms with Gasteiger partial charge in [-0.1, -0.05) is 0 Å². The number of aliphatic hydroxyl groups is 1. The first-order valence-corrected chi connectivity index (χ1v) is 4.43. The van der Waals surface area contributed by atoms with Gasteiger partial charge in [0.15, 0.2) is 6.35 Å². The lowest BCUT2D eigenvalue weighted by molar-refractivity contribution is -0.128. The molecule has 11 heavy (non-hydrogen) atoms. The van der Waals surface area contributed by atoms with Crippen molar-refractivity contribution in [1.82, 2.24) is 9.80 Å². The minimum Gasteiger partial charge on any atom is -0.365 e. The van der Waals surface area contributed by atoms with Crippen LogP contribution in [0, 0.1) is 0 Å². The van der Waals surface area contributed by atoms with E-state index in [-0.39, 0.29) is 6.35 Å². The first-order valence-electron chi connectivity index (χ1n) is 4.43. The molecule has 1 saturated carbocycles. The Morgan fingerprint density at radius 2 is 2.00 bits per heavy atom. The molecule has 1 saturated heterocycles. The summed E-state index contributed by atoms with van der Waals surface area (Å²) in [6.45, 7) is 2.11. The molecule has 2 rings (SSSR count). The molecular formula is C8H16N2O. The zero-order valence-electron chi connectivity index (χ0n) is 7.03. The highest BCUT2D eigenvalue weighted by molar-refractivity contribution is 4.87. The van der Waals surface area contributed by atoms with E-state index >= 15 is 0 Å². The van der Waals surface area contributed by atoms with Crippen molar-refractivity contribution < 1.29 is 5.11 Å². The Bertz CT molecular complexity index is 147. The first kappa shape index (κ1) is 7.53. The lowest BCUT2D eigenvalue weighted by Crippen LogP contribution is -2.52. The van der Waals surface area contributed by atoms with Gasteiger partial charge in [0.1, 0.15) is 0 Å². The van der Waals surface area contributed by atoms with E-state index in [1.54, 1.807) is 0 Å². The third-order valence-electron chi connectivity index (χ3n) is 2.63. The Labute approximate surface area is 67.6 Å². The zero-order valence-corrected chi connectivity index (χ0v) is 7.03. The summed E-state index contributed by atoms with van der Waals surface area (Å²) >= 11 is 0. The van der Waals surface area contributed by atoms with E-state index in [1.807, 2.05) is 11.9 Å². The van der Waals surface area contributed by atoms with Gasteiger partial charge in [0.2, 0.25) is 0 Å². The molecule has 0 aromatic rings. The highest BCUT2D eigenvalue weighted by Crippen LogP contribution is 2.30. The van der Waals surface area contributed by atoms with E-state index < -0.39 is 0 Å². The fraction of sp³-hybridized carbons (Fsp3) is 1.00. The molecule has 64 valence electrons. The second-order valence-corrected chi connectivity index (χ2v) is 3.65. The largest absolute Gasteiger partial charge is 0.365 e. The van der Waals surface area contributed by atoms with Crippen LogP contribution >= 0.6 is 0 Å². The lowest BCUT2D eigenvalue weighted by Gasteiger charge is -2.38. The normalized spacial score (nSPS) is 36.0. The summed E-state index contributed by atoms with van der Waals surface area (Å²) in [6, 6.07) is 0.688. The van der Waals surface area contributed by atoms with Gasteiger partial charge < -0.3 is 5.11 Å². The first-order chi connectivity index (χ1) is 5.29. The SMILES string of the molecule is CN1CCCN(C2CC2)C1O. The molecule has 1 atom stereocenters. The van der Waals surface area contributed by atoms with E-state index in [0.717, 1.165) is 13.1 Å². The van der Waals surface area contributed by atoms with Gasteiger partial charge in [-0.05, 0) is 26.3 Å². The summed E-state index contributed by atoms with van der Waals surface area (Å²) in [6.07, 6.45) is 3.45. The van der Waals surface area contributed by atoms with Crippen molar-refractivity contribution in [2.24, 2.45) is 0 Å². The van der Waals surface area contributed by atoms with Gasteiger partial charge in [0, 0.05) is 19.1 Å². The van der Waals surface area contributed by atoms with Crippen LogP contribution in [-0.2, 0) is 0 Å². The fourth-order valence-electron chi connectivity index (χ4n) is 1.76. The predicted octanol–water partition coefficient (Wildman–Crippen LogP) is 0.0622. The number of rotatable bonds is 1. The third kappa shape index (κ3) is 1.41. The monoisotopic (exact) mass is 156 g/mol. The highest BCUT2D eigenvalue weighted by Gasteiger charge is 2.36. The summed E-state index contributed by atoms with van der Waals surface area (Å²) in [5.74, 6) is 0. The van der Waals surface area contributed by atoms with Gasteiger partial charge in [0.25, 0.3) is 0 Å². The second kappa shape index (κ2) is 2.73. The molecule has 0 radical (unpaired) electrons. The molecule has 0 aromatic heterocycles. The molecule has 0 spiro atoms. The van der Waals surface area contributed by atoms with Gasteiger partial charge >= 0.3 is 0 Å². The van der Waals surface area contributed by atoms with Gasteiger partial charge in [0.05, 0.1) is 0 Å². The molecule has 0 bridgehead atoms. The zero-order chi connectivity index (χ0) is 7.84. The number of hydrogen-bond acceptors (Lipinski definition) is 3. The molecule has 1 heterocycles. The van der Waals surface area contributed by atoms with Crippen LogP contribution in [0.25, 0.3) is 0 Å². The minimum absolute atomic E-state index is 0.309. The van der Waals surface area contributed by atoms with E-state index in [2.05, 4.69) is 4.90 Å². The summed E-state index contributed by atoms with van der Waals surface area (Å²) in [5.41, 5.74) is 0. The standard InChI is InChI=1S/C8H16N2O/c1-9-5-2-6-10(8(9)11)7-3-4-7/h7-8,11H,2-6H2,1H3. The van der Waals surface area contributed by atoms with Gasteiger partial charge in [-0.3, -0.25) is 9.80 Å². The van der Waals surface area contributed by atoms with Crippen molar-refractivity contribution in [2.45, 2.75) is 31.7 Å². The Hall–Kier alpha value is -0.120. The van der Waals surface area contributed by atoms with E-state index in [9.17, 15) is 5.11 Å². The van der Waals surface area contributed by atoms with Crippen molar-refractivity contribution in [3.05, 3.63) is 0 Å². The summed E-state index contributed by atoms with van der Waals surface area (Å²) < 4.78 is 0. The average molecular weight is 156 g/mol. The topological polar surface area (TPSA) is 26.7 Å². The third-order valence-corrected chi connectivity index (χ3v) is 2.63. The quantitative estimate of drug-likeness (QED) is 0.581. The maximum absolute atomic E-state index is 9.70. The molecule has 1 aliphatic heterocycles. The van der Waals surface area contributed by atoms with Crippen LogP contribution in [0.4, 0.5) is 0 Å². The molecule has 1 N–H and O–H groups in total. The maximum atomic E-state index is 9.70. The second-order valence-electron chi connectivity index (χ2n) is 3.65. The van der Waals surface area contributed by atoms with Crippen molar-refractivity contribution in [3.8, 4) is 0 Å². The summed E-state index contributed by atoms with van der Waals surface area (Å²) in [4.78, 5) is 4.23. The molecule has 0 aromatic carbocycles. The van der Waals surface area contributed by atoms with Crippen LogP contribution in [0.15, 0.2) is 0 Å². The molecule has 1 aliphatic carbocycles. The van der Waals surface area contributed by atoms with E-state index in [4.69, 9.17) is 0 Å². The van der Waals surface area contributed by atoms with E-state index in [1.165, 1.54) is 19.3 Å². The molecule has 3 heteroatoms. The van der Waals surface area contributed by atoms with Crippen LogP contribution < -0.4 is 0 Å². The Morgan fingerprint density at radius 3 is 2.64 bits per heavy atom. The fourth-order valence-corrected chi connectivity index (χ4v) is 1.76. The van der Waals surface area contributed by atoms with Gasteiger partial charge in [-0.2, -0.15) is 0 Å². The van der Waals surface area contributed by atoms with Crippen LogP contribution in [0.5, 0.6) is 0 Å². The molecule has 3 nitrogen and oxygen atoms in total. The summed E-state index contributed by atoms with van der Waals surface area (Å²) in [7, 11) is 1.99. The molecule has 1 unspecified atom stereocenters. The molecule has 2 fully saturated rings. The van der Waals surface area contributed by atoms with Crippen molar-refractivity contribution in [2.75, 3.05) is 20.1 Å². The van der Waals surface area contributed by atoms with Gasteiger partial charge in [-0.25, -0.2) is 0 Å². The van der Waals surface area contributed by atoms with Crippen LogP contribution in [0.2, 0.25) is 0 Å². The number of nitrogens with zero attached hydrogens (tertiary/aromatic N) is 2. The van der Waals surface area contributed by atoms with Gasteiger partial charge in [-0.15, -0.1) is 0 Å². The van der Waals surface area contributed by atoms with Crippen LogP contribution in [0.1, 0.15) is 19.3 Å². The average Bonchev–Trinajstić information content (AvgIpc) is 2.77.